The maximum Gasteiger partial charge on any atom is 0.220 e. The molecule has 0 aliphatic carbocycles. The summed E-state index contributed by atoms with van der Waals surface area (Å²) in [6.07, 6.45) is 0. The molecule has 1 aromatic heterocycles. The van der Waals surface area contributed by atoms with Crippen molar-refractivity contribution in [3.05, 3.63) is 69.3 Å². The van der Waals surface area contributed by atoms with Gasteiger partial charge in [0, 0.05) is 20.6 Å². The molecular weight excluding hydrogens is 418 g/mol. The summed E-state index contributed by atoms with van der Waals surface area (Å²) in [5.41, 5.74) is 8.62. The zero-order valence-electron chi connectivity index (χ0n) is 13.2. The molecule has 1 atom stereocenters. The Morgan fingerprint density at radius 2 is 1.92 bits per heavy atom. The molecule has 128 valence electrons. The number of nitrogens with two attached hydrogens (primary N) is 1. The summed E-state index contributed by atoms with van der Waals surface area (Å²) >= 11 is 9.44. The monoisotopic (exact) mass is 427 g/mol. The van der Waals surface area contributed by atoms with Crippen molar-refractivity contribution < 1.29 is 4.79 Å². The molecule has 1 unspecified atom stereocenters. The Morgan fingerprint density at radius 3 is 2.73 bits per heavy atom. The van der Waals surface area contributed by atoms with Crippen molar-refractivity contribution in [2.75, 3.05) is 5.73 Å². The number of ketones is 1. The van der Waals surface area contributed by atoms with E-state index in [9.17, 15) is 4.79 Å². The van der Waals surface area contributed by atoms with Crippen LogP contribution in [-0.4, -0.2) is 15.8 Å². The van der Waals surface area contributed by atoms with Crippen LogP contribution in [0.2, 0.25) is 5.02 Å². The molecule has 0 radical (unpaired) electrons. The SMILES string of the molecule is Nc1nc(-c2cccc(Br)c2)cc(C2N=Nc3ccc(Cl)cc3C2=O)n1. The van der Waals surface area contributed by atoms with Gasteiger partial charge < -0.3 is 5.73 Å². The van der Waals surface area contributed by atoms with Gasteiger partial charge in [-0.3, -0.25) is 4.79 Å². The number of halogens is 2. The van der Waals surface area contributed by atoms with Gasteiger partial charge in [0.2, 0.25) is 5.95 Å². The lowest BCUT2D eigenvalue weighted by atomic mass is 9.98. The number of fused-ring (bicyclic) bond motifs is 1. The van der Waals surface area contributed by atoms with Crippen molar-refractivity contribution in [3.63, 3.8) is 0 Å². The van der Waals surface area contributed by atoms with E-state index in [1.807, 2.05) is 24.3 Å². The zero-order chi connectivity index (χ0) is 18.3. The number of carbonyl (C=O) groups is 1. The van der Waals surface area contributed by atoms with E-state index in [0.717, 1.165) is 10.0 Å². The highest BCUT2D eigenvalue weighted by Gasteiger charge is 2.30. The minimum absolute atomic E-state index is 0.0670. The molecule has 3 aromatic rings. The Labute approximate surface area is 162 Å². The second-order valence-corrected chi connectivity index (χ2v) is 7.04. The van der Waals surface area contributed by atoms with Crippen molar-refractivity contribution >= 4 is 44.9 Å². The Hall–Kier alpha value is -2.64. The van der Waals surface area contributed by atoms with E-state index < -0.39 is 6.04 Å². The van der Waals surface area contributed by atoms with Crippen LogP contribution in [-0.2, 0) is 0 Å². The molecule has 2 heterocycles. The molecular formula is C18H11BrClN5O. The van der Waals surface area contributed by atoms with E-state index >= 15 is 0 Å². The molecule has 2 aromatic carbocycles. The van der Waals surface area contributed by atoms with Crippen molar-refractivity contribution in [3.8, 4) is 11.3 Å². The number of benzene rings is 2. The fourth-order valence-corrected chi connectivity index (χ4v) is 3.30. The first-order valence-corrected chi connectivity index (χ1v) is 8.83. The van der Waals surface area contributed by atoms with Crippen molar-refractivity contribution in [2.45, 2.75) is 6.04 Å². The van der Waals surface area contributed by atoms with Crippen LogP contribution in [0.25, 0.3) is 11.3 Å². The van der Waals surface area contributed by atoms with Crippen LogP contribution < -0.4 is 5.73 Å². The summed E-state index contributed by atoms with van der Waals surface area (Å²) in [4.78, 5) is 21.3. The Balaban J connectivity index is 1.78. The fraction of sp³-hybridized carbons (Fsp3) is 0.0556. The third-order valence-electron chi connectivity index (χ3n) is 3.92. The highest BCUT2D eigenvalue weighted by Crippen LogP contribution is 2.36. The molecule has 6 nitrogen and oxygen atoms in total. The van der Waals surface area contributed by atoms with Gasteiger partial charge in [-0.1, -0.05) is 39.7 Å². The van der Waals surface area contributed by atoms with Crippen molar-refractivity contribution in [1.29, 1.82) is 0 Å². The van der Waals surface area contributed by atoms with Gasteiger partial charge in [-0.2, -0.15) is 10.2 Å². The number of hydrogen-bond donors (Lipinski definition) is 1. The zero-order valence-corrected chi connectivity index (χ0v) is 15.6. The highest BCUT2D eigenvalue weighted by atomic mass is 79.9. The first-order valence-electron chi connectivity index (χ1n) is 7.66. The van der Waals surface area contributed by atoms with Gasteiger partial charge in [0.15, 0.2) is 11.8 Å². The minimum atomic E-state index is -0.878. The van der Waals surface area contributed by atoms with Gasteiger partial charge in [0.1, 0.15) is 0 Å². The van der Waals surface area contributed by atoms with E-state index in [2.05, 4.69) is 36.1 Å². The topological polar surface area (TPSA) is 93.6 Å². The molecule has 4 rings (SSSR count). The molecule has 0 fully saturated rings. The maximum atomic E-state index is 12.9. The Morgan fingerprint density at radius 1 is 1.08 bits per heavy atom. The molecule has 26 heavy (non-hydrogen) atoms. The summed E-state index contributed by atoms with van der Waals surface area (Å²) < 4.78 is 0.908. The number of carbonyl (C=O) groups excluding carboxylic acids is 1. The third kappa shape index (κ3) is 3.11. The summed E-state index contributed by atoms with van der Waals surface area (Å²) in [5, 5.41) is 8.71. The van der Waals surface area contributed by atoms with E-state index in [1.165, 1.54) is 0 Å². The molecule has 0 bridgehead atoms. The number of azo groups is 1. The largest absolute Gasteiger partial charge is 0.368 e. The second-order valence-electron chi connectivity index (χ2n) is 5.69. The third-order valence-corrected chi connectivity index (χ3v) is 4.65. The number of aromatic nitrogens is 2. The normalized spacial score (nSPS) is 15.8. The molecule has 8 heteroatoms. The first-order chi connectivity index (χ1) is 12.5. The van der Waals surface area contributed by atoms with Gasteiger partial charge in [-0.15, -0.1) is 0 Å². The molecule has 0 saturated heterocycles. The molecule has 0 amide bonds. The first kappa shape index (κ1) is 16.8. The number of Topliss-reactive ketones (excluding diaryl/α,β-unsaturated/α-hetero) is 1. The Kier molecular flexibility index (Phi) is 4.26. The molecule has 0 spiro atoms. The number of nitrogens with zero attached hydrogens (tertiary/aromatic N) is 4. The van der Waals surface area contributed by atoms with Crippen LogP contribution in [0.15, 0.2) is 63.2 Å². The van der Waals surface area contributed by atoms with Crippen molar-refractivity contribution in [2.24, 2.45) is 10.2 Å². The number of anilines is 1. The second kappa shape index (κ2) is 6.59. The molecule has 2 N–H and O–H groups in total. The average molecular weight is 429 g/mol. The predicted molar refractivity (Wildman–Crippen MR) is 103 cm³/mol. The standard InChI is InChI=1S/C18H11BrClN5O/c19-10-3-1-2-9(6-10)14-8-15(23-18(21)22-14)16-17(26)12-7-11(20)4-5-13(12)24-25-16/h1-8,16H,(H2,21,22,23). The summed E-state index contributed by atoms with van der Waals surface area (Å²) in [7, 11) is 0. The van der Waals surface area contributed by atoms with Crippen LogP contribution in [0.5, 0.6) is 0 Å². The van der Waals surface area contributed by atoms with E-state index in [0.29, 0.717) is 27.7 Å². The Bertz CT molecular complexity index is 1070. The maximum absolute atomic E-state index is 12.9. The number of nitrogen functional groups attached to an aromatic ring is 1. The molecule has 1 aliphatic heterocycles. The average Bonchev–Trinajstić information content (AvgIpc) is 2.62. The summed E-state index contributed by atoms with van der Waals surface area (Å²) in [6.45, 7) is 0. The molecule has 1 aliphatic rings. The number of rotatable bonds is 2. The lowest BCUT2D eigenvalue weighted by molar-refractivity contribution is 0.0954. The van der Waals surface area contributed by atoms with Crippen LogP contribution in [0.3, 0.4) is 0 Å². The van der Waals surface area contributed by atoms with Gasteiger partial charge in [-0.25, -0.2) is 9.97 Å². The van der Waals surface area contributed by atoms with Gasteiger partial charge in [0.25, 0.3) is 0 Å². The molecule has 0 saturated carbocycles. The van der Waals surface area contributed by atoms with E-state index in [-0.39, 0.29) is 11.7 Å². The smallest absolute Gasteiger partial charge is 0.220 e. The van der Waals surface area contributed by atoms with Gasteiger partial charge >= 0.3 is 0 Å². The fourth-order valence-electron chi connectivity index (χ4n) is 2.73. The quantitative estimate of drug-likeness (QED) is 0.610. The number of hydrogen-bond acceptors (Lipinski definition) is 6. The summed E-state index contributed by atoms with van der Waals surface area (Å²) in [5.74, 6) is -0.159. The van der Waals surface area contributed by atoms with Crippen LogP contribution in [0.1, 0.15) is 22.1 Å². The lowest BCUT2D eigenvalue weighted by Gasteiger charge is -2.17. The highest BCUT2D eigenvalue weighted by molar-refractivity contribution is 9.10. The predicted octanol–water partition coefficient (Wildman–Crippen LogP) is 5.16. The van der Waals surface area contributed by atoms with Crippen LogP contribution in [0.4, 0.5) is 11.6 Å². The van der Waals surface area contributed by atoms with Crippen LogP contribution in [0, 0.1) is 0 Å². The van der Waals surface area contributed by atoms with E-state index in [1.54, 1.807) is 24.3 Å². The van der Waals surface area contributed by atoms with Crippen LogP contribution >= 0.6 is 27.5 Å². The van der Waals surface area contributed by atoms with Gasteiger partial charge in [-0.05, 0) is 36.4 Å². The summed E-state index contributed by atoms with van der Waals surface area (Å²) in [6, 6.07) is 13.4. The lowest BCUT2D eigenvalue weighted by Crippen LogP contribution is -2.16. The minimum Gasteiger partial charge on any atom is -0.368 e. The van der Waals surface area contributed by atoms with Gasteiger partial charge in [0.05, 0.1) is 17.1 Å². The van der Waals surface area contributed by atoms with E-state index in [4.69, 9.17) is 17.3 Å². The van der Waals surface area contributed by atoms with Crippen molar-refractivity contribution in [1.82, 2.24) is 9.97 Å².